The largest absolute Gasteiger partial charge is 0.462 e. The van der Waals surface area contributed by atoms with E-state index in [2.05, 4.69) is 179 Å². The molecule has 0 aliphatic carbocycles. The number of rotatable bonds is 58. The zero-order valence-corrected chi connectivity index (χ0v) is 52.2. The van der Waals surface area contributed by atoms with Crippen molar-refractivity contribution in [2.75, 3.05) is 13.2 Å². The molecular formula is C75H120O6. The van der Waals surface area contributed by atoms with Gasteiger partial charge in [-0.15, -0.1) is 0 Å². The third kappa shape index (κ3) is 65.7. The molecule has 6 nitrogen and oxygen atoms in total. The molecule has 1 atom stereocenters. The maximum atomic E-state index is 12.9. The lowest BCUT2D eigenvalue weighted by Crippen LogP contribution is -2.30. The van der Waals surface area contributed by atoms with Crippen molar-refractivity contribution in [2.45, 2.75) is 284 Å². The molecule has 0 aliphatic rings. The summed E-state index contributed by atoms with van der Waals surface area (Å²) in [7, 11) is 0. The molecule has 0 aromatic heterocycles. The van der Waals surface area contributed by atoms with E-state index < -0.39 is 6.10 Å². The van der Waals surface area contributed by atoms with Crippen molar-refractivity contribution in [3.05, 3.63) is 158 Å². The Morgan fingerprint density at radius 3 is 0.765 bits per heavy atom. The van der Waals surface area contributed by atoms with E-state index in [1.54, 1.807) is 0 Å². The maximum Gasteiger partial charge on any atom is 0.306 e. The van der Waals surface area contributed by atoms with Crippen molar-refractivity contribution in [1.29, 1.82) is 0 Å². The first-order valence-electron chi connectivity index (χ1n) is 33.0. The van der Waals surface area contributed by atoms with E-state index in [1.165, 1.54) is 64.2 Å². The van der Waals surface area contributed by atoms with Crippen molar-refractivity contribution >= 4 is 17.9 Å². The van der Waals surface area contributed by atoms with Crippen molar-refractivity contribution in [1.82, 2.24) is 0 Å². The van der Waals surface area contributed by atoms with Crippen LogP contribution in [0.4, 0.5) is 0 Å². The number of carbonyl (C=O) groups excluding carboxylic acids is 3. The van der Waals surface area contributed by atoms with E-state index in [1.807, 2.05) is 0 Å². The molecule has 0 bridgehead atoms. The Hall–Kier alpha value is -4.97. The summed E-state index contributed by atoms with van der Waals surface area (Å²) in [5.41, 5.74) is 0. The van der Waals surface area contributed by atoms with E-state index >= 15 is 0 Å². The molecule has 6 heteroatoms. The van der Waals surface area contributed by atoms with E-state index in [0.29, 0.717) is 12.8 Å². The molecule has 0 radical (unpaired) electrons. The van der Waals surface area contributed by atoms with Crippen LogP contribution >= 0.6 is 0 Å². The number of allylic oxidation sites excluding steroid dienone is 26. The molecule has 0 spiro atoms. The van der Waals surface area contributed by atoms with Gasteiger partial charge in [-0.2, -0.15) is 0 Å². The average Bonchev–Trinajstić information content (AvgIpc) is 3.47. The average molecular weight is 1120 g/mol. The van der Waals surface area contributed by atoms with Crippen LogP contribution in [0, 0.1) is 0 Å². The summed E-state index contributed by atoms with van der Waals surface area (Å²) in [6, 6.07) is 0. The van der Waals surface area contributed by atoms with Gasteiger partial charge in [-0.3, -0.25) is 14.4 Å². The Kier molecular flexibility index (Phi) is 63.4. The molecule has 0 rings (SSSR count). The molecule has 0 amide bonds. The number of ether oxygens (including phenoxy) is 3. The zero-order chi connectivity index (χ0) is 58.5. The van der Waals surface area contributed by atoms with Crippen LogP contribution in [-0.4, -0.2) is 37.2 Å². The number of esters is 3. The van der Waals surface area contributed by atoms with Gasteiger partial charge in [-0.1, -0.05) is 269 Å². The second-order valence-corrected chi connectivity index (χ2v) is 21.3. The fraction of sp³-hybridized carbons (Fsp3) is 0.613. The lowest BCUT2D eigenvalue weighted by atomic mass is 10.1. The SMILES string of the molecule is CC/C=C\C/C=C\C/C=C\C/C=C\C/C=C\C/C=C\C/C=C\C/C=C\CCCCCCCCC(=O)OCC(COC(=O)CCCCCCC/C=C\CCCCCCCC)OC(=O)CCCCCC/C=C\C/C=C\C/C=C\C/C=C\CC. The van der Waals surface area contributed by atoms with Crippen LogP contribution in [0.2, 0.25) is 0 Å². The van der Waals surface area contributed by atoms with Gasteiger partial charge < -0.3 is 14.2 Å². The van der Waals surface area contributed by atoms with Gasteiger partial charge in [-0.05, 0) is 148 Å². The van der Waals surface area contributed by atoms with E-state index in [9.17, 15) is 14.4 Å². The Morgan fingerprint density at radius 1 is 0.259 bits per heavy atom. The molecule has 81 heavy (non-hydrogen) atoms. The minimum absolute atomic E-state index is 0.102. The minimum Gasteiger partial charge on any atom is -0.462 e. The van der Waals surface area contributed by atoms with Crippen LogP contribution < -0.4 is 0 Å². The predicted octanol–water partition coefficient (Wildman–Crippen LogP) is 22.9. The molecule has 1 unspecified atom stereocenters. The van der Waals surface area contributed by atoms with Crippen LogP contribution in [0.25, 0.3) is 0 Å². The smallest absolute Gasteiger partial charge is 0.306 e. The van der Waals surface area contributed by atoms with Crippen molar-refractivity contribution in [3.63, 3.8) is 0 Å². The third-order valence-electron chi connectivity index (χ3n) is 13.5. The summed E-state index contributed by atoms with van der Waals surface area (Å²) >= 11 is 0. The van der Waals surface area contributed by atoms with Crippen LogP contribution in [0.5, 0.6) is 0 Å². The highest BCUT2D eigenvalue weighted by Crippen LogP contribution is 2.14. The number of unbranched alkanes of at least 4 members (excludes halogenated alkanes) is 21. The quantitative estimate of drug-likeness (QED) is 0.0261. The van der Waals surface area contributed by atoms with Gasteiger partial charge in [0.25, 0.3) is 0 Å². The van der Waals surface area contributed by atoms with Crippen LogP contribution in [0.15, 0.2) is 158 Å². The van der Waals surface area contributed by atoms with Gasteiger partial charge in [0.1, 0.15) is 13.2 Å². The van der Waals surface area contributed by atoms with Crippen molar-refractivity contribution < 1.29 is 28.6 Å². The molecule has 0 aromatic rings. The number of hydrogen-bond acceptors (Lipinski definition) is 6. The molecule has 0 N–H and O–H groups in total. The first kappa shape index (κ1) is 76.0. The molecule has 0 saturated carbocycles. The molecular weight excluding hydrogens is 997 g/mol. The second kappa shape index (κ2) is 67.5. The Balaban J connectivity index is 4.41. The predicted molar refractivity (Wildman–Crippen MR) is 352 cm³/mol. The van der Waals surface area contributed by atoms with Gasteiger partial charge in [0.15, 0.2) is 6.10 Å². The van der Waals surface area contributed by atoms with Gasteiger partial charge in [0.05, 0.1) is 0 Å². The Bertz CT molecular complexity index is 1810. The molecule has 456 valence electrons. The monoisotopic (exact) mass is 1120 g/mol. The number of carbonyl (C=O) groups is 3. The second-order valence-electron chi connectivity index (χ2n) is 21.3. The third-order valence-corrected chi connectivity index (χ3v) is 13.5. The molecule has 0 heterocycles. The summed E-state index contributed by atoms with van der Waals surface area (Å²) in [4.78, 5) is 38.3. The zero-order valence-electron chi connectivity index (χ0n) is 52.2. The Labute approximate surface area is 499 Å². The van der Waals surface area contributed by atoms with Crippen molar-refractivity contribution in [2.24, 2.45) is 0 Å². The van der Waals surface area contributed by atoms with Crippen LogP contribution in [0.3, 0.4) is 0 Å². The fourth-order valence-electron chi connectivity index (χ4n) is 8.62. The Morgan fingerprint density at radius 2 is 0.481 bits per heavy atom. The minimum atomic E-state index is -0.809. The summed E-state index contributed by atoms with van der Waals surface area (Å²) < 4.78 is 16.9. The van der Waals surface area contributed by atoms with Gasteiger partial charge in [0.2, 0.25) is 0 Å². The molecule has 0 fully saturated rings. The van der Waals surface area contributed by atoms with Crippen LogP contribution in [-0.2, 0) is 28.6 Å². The molecule has 0 aliphatic heterocycles. The lowest BCUT2D eigenvalue weighted by molar-refractivity contribution is -0.167. The van der Waals surface area contributed by atoms with Crippen LogP contribution in [0.1, 0.15) is 278 Å². The first-order valence-corrected chi connectivity index (χ1v) is 33.0. The highest BCUT2D eigenvalue weighted by atomic mass is 16.6. The number of hydrogen-bond donors (Lipinski definition) is 0. The van der Waals surface area contributed by atoms with Gasteiger partial charge >= 0.3 is 17.9 Å². The van der Waals surface area contributed by atoms with Gasteiger partial charge in [-0.25, -0.2) is 0 Å². The highest BCUT2D eigenvalue weighted by molar-refractivity contribution is 5.71. The summed E-state index contributed by atoms with van der Waals surface area (Å²) in [5.74, 6) is -0.950. The molecule has 0 aromatic carbocycles. The summed E-state index contributed by atoms with van der Waals surface area (Å²) in [6.45, 7) is 6.37. The summed E-state index contributed by atoms with van der Waals surface area (Å²) in [6.07, 6.45) is 98.2. The normalized spacial score (nSPS) is 13.2. The lowest BCUT2D eigenvalue weighted by Gasteiger charge is -2.18. The molecule has 0 saturated heterocycles. The highest BCUT2D eigenvalue weighted by Gasteiger charge is 2.19. The standard InChI is InChI=1S/C75H120O6/c1-4-7-10-13-16-19-22-25-28-30-31-32-33-34-35-36-37-38-39-40-41-42-43-45-47-50-53-56-59-62-65-68-74(77)80-71-72(70-79-73(76)67-64-61-58-55-52-49-46-27-24-21-18-15-12-9-6-3)81-75(78)69-66-63-60-57-54-51-48-44-29-26-23-20-17-14-11-8-5-2/h7-8,10-11,16-17,19-20,25-29,31-32,34-35,37-38,40-41,43,45-46,48,51,72H,4-6,9,12-15,18,21-24,30,33,36,39,42,44,47,49-50,52-71H2,1-3H3/b10-7-,11-8-,19-16-,20-17-,28-25-,29-26-,32-31-,35-34-,38-37-,41-40-,45-43-,46-27-,51-48-. The summed E-state index contributed by atoms with van der Waals surface area (Å²) in [5, 5.41) is 0. The van der Waals surface area contributed by atoms with E-state index in [0.717, 1.165) is 173 Å². The van der Waals surface area contributed by atoms with Gasteiger partial charge in [0, 0.05) is 19.3 Å². The van der Waals surface area contributed by atoms with E-state index in [-0.39, 0.29) is 37.5 Å². The van der Waals surface area contributed by atoms with Crippen molar-refractivity contribution in [3.8, 4) is 0 Å². The topological polar surface area (TPSA) is 78.9 Å². The fourth-order valence-corrected chi connectivity index (χ4v) is 8.62. The van der Waals surface area contributed by atoms with E-state index in [4.69, 9.17) is 14.2 Å². The maximum absolute atomic E-state index is 12.9. The first-order chi connectivity index (χ1) is 40.0.